The van der Waals surface area contributed by atoms with Gasteiger partial charge in [0.2, 0.25) is 0 Å². The molecule has 4 aromatic rings. The van der Waals surface area contributed by atoms with Gasteiger partial charge in [-0.25, -0.2) is 0 Å². The molecule has 0 fully saturated rings. The first-order chi connectivity index (χ1) is 17.3. The molecule has 0 aliphatic carbocycles. The van der Waals surface area contributed by atoms with E-state index in [1.54, 1.807) is 0 Å². The third kappa shape index (κ3) is 7.49. The molecule has 0 bridgehead atoms. The maximum Gasteiger partial charge on any atom is 1.00 e. The van der Waals surface area contributed by atoms with Crippen LogP contribution in [0, 0.1) is 55.4 Å². The van der Waals surface area contributed by atoms with E-state index < -0.39 is 14.6 Å². The molecule has 0 radical (unpaired) electrons. The molecule has 4 aromatic carbocycles. The number of hydrogen-bond donors (Lipinski definition) is 1. The van der Waals surface area contributed by atoms with Crippen LogP contribution < -0.4 is 50.1 Å². The van der Waals surface area contributed by atoms with Crippen molar-refractivity contribution in [3.63, 3.8) is 0 Å². The van der Waals surface area contributed by atoms with Crippen LogP contribution in [-0.4, -0.2) is 12.3 Å². The number of aryl methyl sites for hydroxylation is 8. The third-order valence-electron chi connectivity index (χ3n) is 6.37. The quantitative estimate of drug-likeness (QED) is 0.316. The van der Waals surface area contributed by atoms with E-state index in [0.717, 1.165) is 0 Å². The molecule has 0 spiro atoms. The van der Waals surface area contributed by atoms with E-state index in [1.807, 2.05) is 0 Å². The Bertz CT molecular complexity index is 1120. The Kier molecular flexibility index (Phi) is 11.2. The fraction of sp³-hybridized carbons (Fsp3) is 0.250. The topological polar surface area (TPSA) is 66.3 Å². The van der Waals surface area contributed by atoms with Crippen LogP contribution in [0.5, 0.6) is 0 Å². The van der Waals surface area contributed by atoms with E-state index in [2.05, 4.69) is 128 Å². The summed E-state index contributed by atoms with van der Waals surface area (Å²) in [6.45, 7) is 17.9. The van der Waals surface area contributed by atoms with Gasteiger partial charge >= 0.3 is 18.9 Å². The molecule has 0 aliphatic heterocycles. The molecular formula is C32H37BLiO3P. The summed E-state index contributed by atoms with van der Waals surface area (Å²) in [6.07, 6.45) is 0. The zero-order valence-electron chi connectivity index (χ0n) is 24.2. The van der Waals surface area contributed by atoms with Crippen molar-refractivity contribution in [2.45, 2.75) is 55.4 Å². The van der Waals surface area contributed by atoms with Crippen LogP contribution in [0.2, 0.25) is 0 Å². The SMILES string of the molecule is Cc1cc(C)cc([P+](c2cc(C)cc(C)c2)(c2cc(C)cc(C)c2)c2cc(C)cc(C)c2)c1.[Li+].[O-]B([O-])O. The zero-order chi connectivity index (χ0) is 27.5. The Balaban J connectivity index is 0.000000947. The first-order valence-corrected chi connectivity index (χ1v) is 14.3. The minimum absolute atomic E-state index is 0. The van der Waals surface area contributed by atoms with E-state index in [0.29, 0.717) is 0 Å². The monoisotopic (exact) mass is 518 g/mol. The molecule has 0 atom stereocenters. The molecule has 0 unspecified atom stereocenters. The second-order valence-electron chi connectivity index (χ2n) is 10.4. The van der Waals surface area contributed by atoms with Crippen molar-refractivity contribution in [1.82, 2.24) is 0 Å². The summed E-state index contributed by atoms with van der Waals surface area (Å²) in [5, 5.41) is 29.8. The van der Waals surface area contributed by atoms with Crippen LogP contribution in [0.3, 0.4) is 0 Å². The van der Waals surface area contributed by atoms with Crippen molar-refractivity contribution in [3.05, 3.63) is 117 Å². The molecule has 3 nitrogen and oxygen atoms in total. The first kappa shape index (κ1) is 32.1. The fourth-order valence-electron chi connectivity index (χ4n) is 5.47. The third-order valence-corrected chi connectivity index (χ3v) is 10.5. The van der Waals surface area contributed by atoms with Gasteiger partial charge in [0, 0.05) is 0 Å². The molecule has 0 saturated carbocycles. The smallest absolute Gasteiger partial charge is 0.871 e. The van der Waals surface area contributed by atoms with Crippen molar-refractivity contribution < 1.29 is 33.9 Å². The van der Waals surface area contributed by atoms with Crippen molar-refractivity contribution in [1.29, 1.82) is 0 Å². The van der Waals surface area contributed by atoms with Gasteiger partial charge in [-0.1, -0.05) is 24.3 Å². The van der Waals surface area contributed by atoms with Crippen LogP contribution in [0.1, 0.15) is 44.5 Å². The normalized spacial score (nSPS) is 10.8. The molecular weight excluding hydrogens is 481 g/mol. The molecule has 192 valence electrons. The maximum absolute atomic E-state index is 8.53. The average Bonchev–Trinajstić information content (AvgIpc) is 2.71. The minimum Gasteiger partial charge on any atom is -0.871 e. The summed E-state index contributed by atoms with van der Waals surface area (Å²) >= 11 is 0. The summed E-state index contributed by atoms with van der Waals surface area (Å²) in [5.74, 6) is 0. The second kappa shape index (κ2) is 13.3. The minimum atomic E-state index is -2.67. The van der Waals surface area contributed by atoms with Crippen LogP contribution in [-0.2, 0) is 0 Å². The first-order valence-electron chi connectivity index (χ1n) is 12.6. The Morgan fingerprint density at radius 3 is 0.684 bits per heavy atom. The van der Waals surface area contributed by atoms with E-state index >= 15 is 0 Å². The molecule has 0 saturated heterocycles. The average molecular weight is 518 g/mol. The molecule has 6 heteroatoms. The van der Waals surface area contributed by atoms with Gasteiger partial charge in [-0.15, -0.1) is 0 Å². The van der Waals surface area contributed by atoms with Gasteiger partial charge in [-0.05, 0) is 148 Å². The van der Waals surface area contributed by atoms with Crippen molar-refractivity contribution in [2.75, 3.05) is 0 Å². The summed E-state index contributed by atoms with van der Waals surface area (Å²) in [4.78, 5) is 0. The van der Waals surface area contributed by atoms with Gasteiger partial charge in [0.25, 0.3) is 0 Å². The Morgan fingerprint density at radius 2 is 0.553 bits per heavy atom. The van der Waals surface area contributed by atoms with E-state index in [1.165, 1.54) is 65.7 Å². The Morgan fingerprint density at radius 1 is 0.421 bits per heavy atom. The van der Waals surface area contributed by atoms with Crippen molar-refractivity contribution in [3.8, 4) is 0 Å². The van der Waals surface area contributed by atoms with Gasteiger partial charge in [0.1, 0.15) is 28.5 Å². The van der Waals surface area contributed by atoms with Crippen LogP contribution in [0.15, 0.2) is 72.8 Å². The summed E-state index contributed by atoms with van der Waals surface area (Å²) < 4.78 is 0. The van der Waals surface area contributed by atoms with Gasteiger partial charge in [0.05, 0.1) is 7.32 Å². The van der Waals surface area contributed by atoms with Gasteiger partial charge in [-0.3, -0.25) is 0 Å². The van der Waals surface area contributed by atoms with Crippen molar-refractivity contribution >= 4 is 35.8 Å². The van der Waals surface area contributed by atoms with E-state index in [4.69, 9.17) is 15.1 Å². The summed E-state index contributed by atoms with van der Waals surface area (Å²) in [5.41, 5.74) is 10.6. The van der Waals surface area contributed by atoms with Crippen LogP contribution in [0.25, 0.3) is 0 Å². The molecule has 0 aromatic heterocycles. The standard InChI is InChI=1S/C32H36P.BHO3.Li/c1-21-9-22(2)14-29(13-21)33(30-15-23(3)10-24(4)16-30,31-17-25(5)11-26(6)18-31)32-19-27(7)12-28(8)20-32;2-1(3)4;/h9-20H,1-8H3;2H;/q+1;-2;+1. The zero-order valence-corrected chi connectivity index (χ0v) is 25.1. The van der Waals surface area contributed by atoms with E-state index in [9.17, 15) is 0 Å². The molecule has 0 amide bonds. The fourth-order valence-corrected chi connectivity index (χ4v) is 10.4. The predicted molar refractivity (Wildman–Crippen MR) is 157 cm³/mol. The van der Waals surface area contributed by atoms with Crippen molar-refractivity contribution in [2.24, 2.45) is 0 Å². The van der Waals surface area contributed by atoms with Gasteiger partial charge < -0.3 is 15.1 Å². The number of rotatable bonds is 4. The largest absolute Gasteiger partial charge is 1.00 e. The molecule has 0 heterocycles. The molecule has 4 rings (SSSR count). The summed E-state index contributed by atoms with van der Waals surface area (Å²) in [6, 6.07) is 28.7. The Hall–Kier alpha value is -2.15. The maximum atomic E-state index is 8.53. The van der Waals surface area contributed by atoms with Crippen LogP contribution >= 0.6 is 7.26 Å². The van der Waals surface area contributed by atoms with E-state index in [-0.39, 0.29) is 18.9 Å². The van der Waals surface area contributed by atoms with Crippen LogP contribution in [0.4, 0.5) is 0 Å². The predicted octanol–water partition coefficient (Wildman–Crippen LogP) is 0.462. The number of hydrogen-bond acceptors (Lipinski definition) is 3. The summed E-state index contributed by atoms with van der Waals surface area (Å²) in [7, 11) is -4.79. The molecule has 38 heavy (non-hydrogen) atoms. The second-order valence-corrected chi connectivity index (χ2v) is 13.8. The van der Waals surface area contributed by atoms with Gasteiger partial charge in [0.15, 0.2) is 0 Å². The molecule has 0 aliphatic rings. The Labute approximate surface area is 241 Å². The molecule has 1 N–H and O–H groups in total. The number of benzene rings is 4. The van der Waals surface area contributed by atoms with Gasteiger partial charge in [-0.2, -0.15) is 0 Å².